The number of aliphatic hydroxyl groups excluding tert-OH is 1. The average Bonchev–Trinajstić information content (AvgIpc) is 2.47. The third kappa shape index (κ3) is 3.46. The zero-order valence-electron chi connectivity index (χ0n) is 8.37. The van der Waals surface area contributed by atoms with E-state index >= 15 is 0 Å². The Morgan fingerprint density at radius 2 is 2.15 bits per heavy atom. The van der Waals surface area contributed by atoms with Gasteiger partial charge in [-0.1, -0.05) is 0 Å². The predicted molar refractivity (Wildman–Crippen MR) is 57.2 cm³/mol. The molecule has 0 aromatic carbocycles. The van der Waals surface area contributed by atoms with E-state index in [1.807, 2.05) is 0 Å². The predicted octanol–water partition coefficient (Wildman–Crippen LogP) is 2.09. The van der Waals surface area contributed by atoms with E-state index in [1.54, 1.807) is 18.3 Å². The van der Waals surface area contributed by atoms with Gasteiger partial charge in [-0.2, -0.15) is 0 Å². The van der Waals surface area contributed by atoms with E-state index in [9.17, 15) is 0 Å². The highest BCUT2D eigenvalue weighted by Crippen LogP contribution is 2.21. The number of aryl methyl sites for hydroxylation is 1. The van der Waals surface area contributed by atoms with Crippen LogP contribution in [0.15, 0.2) is 12.1 Å². The number of rotatable bonds is 4. The van der Waals surface area contributed by atoms with E-state index in [0.717, 1.165) is 0 Å². The van der Waals surface area contributed by atoms with Crippen molar-refractivity contribution in [3.8, 4) is 0 Å². The molecule has 1 unspecified atom stereocenters. The molecule has 1 aromatic heterocycles. The number of hydrogen-bond donors (Lipinski definition) is 2. The van der Waals surface area contributed by atoms with Crippen LogP contribution in [0.3, 0.4) is 0 Å². The van der Waals surface area contributed by atoms with Crippen molar-refractivity contribution in [2.24, 2.45) is 0 Å². The monoisotopic (exact) mass is 199 g/mol. The fraction of sp³-hybridized carbons (Fsp3) is 0.600. The van der Waals surface area contributed by atoms with E-state index in [0.29, 0.717) is 12.6 Å². The summed E-state index contributed by atoms with van der Waals surface area (Å²) in [5.74, 6) is 0. The zero-order valence-corrected chi connectivity index (χ0v) is 9.19. The highest BCUT2D eigenvalue weighted by atomic mass is 32.1. The molecule has 13 heavy (non-hydrogen) atoms. The Bertz CT molecular complexity index is 257. The molecule has 0 amide bonds. The lowest BCUT2D eigenvalue weighted by atomic mass is 10.2. The van der Waals surface area contributed by atoms with Crippen LogP contribution in [0.25, 0.3) is 0 Å². The second kappa shape index (κ2) is 4.74. The lowest BCUT2D eigenvalue weighted by molar-refractivity contribution is 0.187. The topological polar surface area (TPSA) is 32.3 Å². The number of hydrogen-bond acceptors (Lipinski definition) is 3. The summed E-state index contributed by atoms with van der Waals surface area (Å²) in [4.78, 5) is 2.67. The number of aliphatic hydroxyl groups is 1. The lowest BCUT2D eigenvalue weighted by Crippen LogP contribution is -2.26. The van der Waals surface area contributed by atoms with Gasteiger partial charge < -0.3 is 10.4 Å². The normalized spacial score (nSPS) is 15.7. The van der Waals surface area contributed by atoms with Crippen LogP contribution in [0.5, 0.6) is 0 Å². The summed E-state index contributed by atoms with van der Waals surface area (Å²) < 4.78 is 0. The summed E-state index contributed by atoms with van der Waals surface area (Å²) in [6.45, 7) is 6.67. The molecule has 0 radical (unpaired) electrons. The molecule has 2 nitrogen and oxygen atoms in total. The number of nitrogens with one attached hydrogen (secondary N) is 1. The van der Waals surface area contributed by atoms with Crippen molar-refractivity contribution in [3.63, 3.8) is 0 Å². The van der Waals surface area contributed by atoms with Crippen LogP contribution in [0.2, 0.25) is 0 Å². The van der Waals surface area contributed by atoms with Gasteiger partial charge in [-0.15, -0.1) is 11.3 Å². The van der Waals surface area contributed by atoms with Crippen molar-refractivity contribution in [1.82, 2.24) is 5.32 Å². The average molecular weight is 199 g/mol. The Balaban J connectivity index is 2.44. The van der Waals surface area contributed by atoms with Crippen LogP contribution < -0.4 is 5.32 Å². The second-order valence-corrected chi connectivity index (χ2v) is 4.75. The minimum Gasteiger partial charge on any atom is -0.392 e. The molecule has 0 bridgehead atoms. The Morgan fingerprint density at radius 3 is 2.62 bits per heavy atom. The highest BCUT2D eigenvalue weighted by Gasteiger charge is 2.07. The van der Waals surface area contributed by atoms with Gasteiger partial charge in [-0.05, 0) is 32.9 Å². The molecule has 0 spiro atoms. The van der Waals surface area contributed by atoms with E-state index in [1.165, 1.54) is 9.75 Å². The van der Waals surface area contributed by atoms with E-state index < -0.39 is 0 Å². The van der Waals surface area contributed by atoms with Crippen LogP contribution in [0.1, 0.15) is 29.6 Å². The summed E-state index contributed by atoms with van der Waals surface area (Å²) in [6, 6.07) is 4.61. The van der Waals surface area contributed by atoms with Crippen molar-refractivity contribution in [2.75, 3.05) is 6.54 Å². The highest BCUT2D eigenvalue weighted by molar-refractivity contribution is 7.12. The third-order valence-corrected chi connectivity index (χ3v) is 3.09. The third-order valence-electron chi connectivity index (χ3n) is 1.91. The van der Waals surface area contributed by atoms with Crippen LogP contribution in [-0.4, -0.2) is 17.8 Å². The van der Waals surface area contributed by atoms with Crippen LogP contribution >= 0.6 is 11.3 Å². The summed E-state index contributed by atoms with van der Waals surface area (Å²) in [7, 11) is 0. The molecule has 0 aliphatic carbocycles. The first-order chi connectivity index (χ1) is 6.09. The van der Waals surface area contributed by atoms with E-state index in [2.05, 4.69) is 31.3 Å². The molecule has 1 heterocycles. The standard InChI is InChI=1S/C10H17NOS/c1-7(12)6-11-9(3)10-5-4-8(2)13-10/h4-5,7,9,11-12H,6H2,1-3H3/t7-,9?/m1/s1. The molecule has 2 N–H and O–H groups in total. The molecule has 0 fully saturated rings. The molecule has 2 atom stereocenters. The minimum atomic E-state index is -0.275. The van der Waals surface area contributed by atoms with Gasteiger partial charge in [-0.3, -0.25) is 0 Å². The SMILES string of the molecule is Cc1ccc(C(C)NC[C@@H](C)O)s1. The van der Waals surface area contributed by atoms with Crippen molar-refractivity contribution in [3.05, 3.63) is 21.9 Å². The van der Waals surface area contributed by atoms with Gasteiger partial charge in [0, 0.05) is 22.3 Å². The molecule has 74 valence electrons. The van der Waals surface area contributed by atoms with Gasteiger partial charge in [0.05, 0.1) is 6.10 Å². The molecule has 1 rings (SSSR count). The van der Waals surface area contributed by atoms with Gasteiger partial charge in [0.1, 0.15) is 0 Å². The fourth-order valence-corrected chi connectivity index (χ4v) is 2.04. The second-order valence-electron chi connectivity index (χ2n) is 3.43. The summed E-state index contributed by atoms with van der Waals surface area (Å²) in [6.07, 6.45) is -0.275. The van der Waals surface area contributed by atoms with Crippen LogP contribution in [-0.2, 0) is 0 Å². The molecule has 0 saturated carbocycles. The first-order valence-corrected chi connectivity index (χ1v) is 5.39. The summed E-state index contributed by atoms with van der Waals surface area (Å²) in [5, 5.41) is 12.4. The Labute approximate surface area is 83.6 Å². The largest absolute Gasteiger partial charge is 0.392 e. The summed E-state index contributed by atoms with van der Waals surface area (Å²) >= 11 is 1.80. The maximum atomic E-state index is 9.09. The molecular weight excluding hydrogens is 182 g/mol. The Hall–Kier alpha value is -0.380. The lowest BCUT2D eigenvalue weighted by Gasteiger charge is -2.13. The summed E-state index contributed by atoms with van der Waals surface area (Å²) in [5.41, 5.74) is 0. The Morgan fingerprint density at radius 1 is 1.46 bits per heavy atom. The molecule has 0 aliphatic heterocycles. The van der Waals surface area contributed by atoms with E-state index in [-0.39, 0.29) is 6.10 Å². The van der Waals surface area contributed by atoms with Crippen molar-refractivity contribution < 1.29 is 5.11 Å². The van der Waals surface area contributed by atoms with Gasteiger partial charge in [0.2, 0.25) is 0 Å². The maximum absolute atomic E-state index is 9.09. The van der Waals surface area contributed by atoms with Gasteiger partial charge in [0.25, 0.3) is 0 Å². The smallest absolute Gasteiger partial charge is 0.0636 e. The van der Waals surface area contributed by atoms with Crippen LogP contribution in [0.4, 0.5) is 0 Å². The molecule has 0 aliphatic rings. The van der Waals surface area contributed by atoms with Crippen molar-refractivity contribution >= 4 is 11.3 Å². The molecule has 0 saturated heterocycles. The van der Waals surface area contributed by atoms with Crippen molar-refractivity contribution in [1.29, 1.82) is 0 Å². The fourth-order valence-electron chi connectivity index (χ4n) is 1.13. The minimum absolute atomic E-state index is 0.275. The molecular formula is C10H17NOS. The van der Waals surface area contributed by atoms with Gasteiger partial charge >= 0.3 is 0 Å². The van der Waals surface area contributed by atoms with Crippen LogP contribution in [0, 0.1) is 6.92 Å². The quantitative estimate of drug-likeness (QED) is 0.778. The Kier molecular flexibility index (Phi) is 3.90. The van der Waals surface area contributed by atoms with E-state index in [4.69, 9.17) is 5.11 Å². The number of thiophene rings is 1. The van der Waals surface area contributed by atoms with Gasteiger partial charge in [-0.25, -0.2) is 0 Å². The molecule has 1 aromatic rings. The maximum Gasteiger partial charge on any atom is 0.0636 e. The van der Waals surface area contributed by atoms with Crippen molar-refractivity contribution in [2.45, 2.75) is 32.9 Å². The zero-order chi connectivity index (χ0) is 9.84. The first-order valence-electron chi connectivity index (χ1n) is 4.57. The molecule has 3 heteroatoms. The first kappa shape index (κ1) is 10.7. The van der Waals surface area contributed by atoms with Gasteiger partial charge in [0.15, 0.2) is 0 Å².